The van der Waals surface area contributed by atoms with E-state index in [1.165, 1.54) is 11.3 Å². The molecule has 0 fully saturated rings. The van der Waals surface area contributed by atoms with Crippen LogP contribution in [0.2, 0.25) is 0 Å². The molecular weight excluding hydrogens is 250 g/mol. The summed E-state index contributed by atoms with van der Waals surface area (Å²) >= 11 is 0. The molecule has 0 aliphatic carbocycles. The molecule has 2 N–H and O–H groups in total. The molecule has 0 spiro atoms. The standard InChI is InChI=1S/C16H17N3O/c1-3-10-8-11(4-2)18-14(10)9-12-15-13(19-16(12)20)6-5-7-17-15/h5-9,18H,3-4H2,1-2H3,(H,19,20). The lowest BCUT2D eigenvalue weighted by molar-refractivity contribution is -0.110. The van der Waals surface area contributed by atoms with Gasteiger partial charge in [0.1, 0.15) is 0 Å². The summed E-state index contributed by atoms with van der Waals surface area (Å²) in [5, 5.41) is 2.84. The van der Waals surface area contributed by atoms with Crippen molar-refractivity contribution in [2.75, 3.05) is 5.32 Å². The number of H-pyrrole nitrogens is 1. The number of aromatic amines is 1. The zero-order valence-corrected chi connectivity index (χ0v) is 11.7. The predicted molar refractivity (Wildman–Crippen MR) is 80.3 cm³/mol. The predicted octanol–water partition coefficient (Wildman–Crippen LogP) is 3.03. The van der Waals surface area contributed by atoms with Crippen LogP contribution in [0.25, 0.3) is 11.6 Å². The second-order valence-corrected chi connectivity index (χ2v) is 4.85. The Balaban J connectivity index is 2.08. The molecule has 0 bridgehead atoms. The number of anilines is 1. The van der Waals surface area contributed by atoms with Crippen molar-refractivity contribution in [1.29, 1.82) is 0 Å². The number of nitrogens with zero attached hydrogens (tertiary/aromatic N) is 1. The number of fused-ring (bicyclic) bond motifs is 1. The van der Waals surface area contributed by atoms with Crippen LogP contribution < -0.4 is 5.32 Å². The fourth-order valence-electron chi connectivity index (χ4n) is 2.49. The van der Waals surface area contributed by atoms with Crippen LogP contribution >= 0.6 is 0 Å². The lowest BCUT2D eigenvalue weighted by atomic mass is 10.1. The highest BCUT2D eigenvalue weighted by molar-refractivity contribution is 6.34. The minimum atomic E-state index is -0.0894. The lowest BCUT2D eigenvalue weighted by Gasteiger charge is -1.98. The summed E-state index contributed by atoms with van der Waals surface area (Å²) in [4.78, 5) is 19.8. The summed E-state index contributed by atoms with van der Waals surface area (Å²) in [6.45, 7) is 4.23. The Morgan fingerprint density at radius 2 is 2.15 bits per heavy atom. The molecule has 0 saturated heterocycles. The number of aromatic nitrogens is 2. The van der Waals surface area contributed by atoms with Crippen LogP contribution in [0, 0.1) is 0 Å². The van der Waals surface area contributed by atoms with Crippen LogP contribution in [0.3, 0.4) is 0 Å². The molecule has 0 atom stereocenters. The smallest absolute Gasteiger partial charge is 0.258 e. The first-order valence-electron chi connectivity index (χ1n) is 6.92. The maximum Gasteiger partial charge on any atom is 0.258 e. The molecular formula is C16H17N3O. The summed E-state index contributed by atoms with van der Waals surface area (Å²) in [5.74, 6) is -0.0894. The summed E-state index contributed by atoms with van der Waals surface area (Å²) in [7, 11) is 0. The lowest BCUT2D eigenvalue weighted by Crippen LogP contribution is -2.03. The van der Waals surface area contributed by atoms with E-state index in [9.17, 15) is 4.79 Å². The molecule has 1 amide bonds. The van der Waals surface area contributed by atoms with Crippen molar-refractivity contribution >= 4 is 23.2 Å². The van der Waals surface area contributed by atoms with Crippen LogP contribution in [0.5, 0.6) is 0 Å². The van der Waals surface area contributed by atoms with E-state index in [4.69, 9.17) is 0 Å². The number of amides is 1. The maximum absolute atomic E-state index is 12.1. The molecule has 0 radical (unpaired) electrons. The van der Waals surface area contributed by atoms with Crippen molar-refractivity contribution in [2.24, 2.45) is 0 Å². The van der Waals surface area contributed by atoms with E-state index < -0.39 is 0 Å². The molecule has 0 aromatic carbocycles. The molecule has 4 nitrogen and oxygen atoms in total. The Morgan fingerprint density at radius 3 is 2.90 bits per heavy atom. The van der Waals surface area contributed by atoms with E-state index in [2.05, 4.69) is 35.2 Å². The number of pyridine rings is 1. The molecule has 20 heavy (non-hydrogen) atoms. The van der Waals surface area contributed by atoms with Crippen molar-refractivity contribution in [1.82, 2.24) is 9.97 Å². The molecule has 1 aliphatic heterocycles. The number of hydrogen-bond donors (Lipinski definition) is 2. The number of carbonyl (C=O) groups is 1. The molecule has 2 aromatic rings. The van der Waals surface area contributed by atoms with E-state index in [0.29, 0.717) is 5.57 Å². The Morgan fingerprint density at radius 1 is 1.30 bits per heavy atom. The molecule has 1 aliphatic rings. The highest BCUT2D eigenvalue weighted by atomic mass is 16.2. The summed E-state index contributed by atoms with van der Waals surface area (Å²) < 4.78 is 0. The first kappa shape index (κ1) is 12.7. The van der Waals surface area contributed by atoms with Gasteiger partial charge in [0, 0.05) is 17.6 Å². The van der Waals surface area contributed by atoms with Crippen molar-refractivity contribution in [3.8, 4) is 0 Å². The van der Waals surface area contributed by atoms with Gasteiger partial charge < -0.3 is 10.3 Å². The average Bonchev–Trinajstić information content (AvgIpc) is 3.01. The van der Waals surface area contributed by atoms with Gasteiger partial charge >= 0.3 is 0 Å². The number of rotatable bonds is 3. The van der Waals surface area contributed by atoms with Gasteiger partial charge in [-0.3, -0.25) is 9.78 Å². The minimum Gasteiger partial charge on any atom is -0.359 e. The van der Waals surface area contributed by atoms with Crippen molar-refractivity contribution in [3.63, 3.8) is 0 Å². The van der Waals surface area contributed by atoms with E-state index in [1.807, 2.05) is 18.2 Å². The largest absolute Gasteiger partial charge is 0.359 e. The normalized spacial score (nSPS) is 15.5. The Labute approximate surface area is 117 Å². The second kappa shape index (κ2) is 4.96. The molecule has 4 heteroatoms. The summed E-state index contributed by atoms with van der Waals surface area (Å²) in [6.07, 6.45) is 5.51. The highest BCUT2D eigenvalue weighted by Crippen LogP contribution is 2.31. The van der Waals surface area contributed by atoms with Gasteiger partial charge in [0.05, 0.1) is 17.0 Å². The number of aryl methyl sites for hydroxylation is 2. The van der Waals surface area contributed by atoms with Crippen molar-refractivity contribution < 1.29 is 4.79 Å². The van der Waals surface area contributed by atoms with Crippen molar-refractivity contribution in [3.05, 3.63) is 47.0 Å². The SMILES string of the molecule is CCc1cc(CC)c(C=C2C(=O)Nc3cccnc32)[nH]1. The van der Waals surface area contributed by atoms with E-state index in [0.717, 1.165) is 29.9 Å². The Kier molecular flexibility index (Phi) is 3.14. The van der Waals surface area contributed by atoms with E-state index in [-0.39, 0.29) is 5.91 Å². The number of nitrogens with one attached hydrogen (secondary N) is 2. The average molecular weight is 267 g/mol. The van der Waals surface area contributed by atoms with Gasteiger partial charge in [-0.15, -0.1) is 0 Å². The second-order valence-electron chi connectivity index (χ2n) is 4.85. The van der Waals surface area contributed by atoms with Gasteiger partial charge in [0.2, 0.25) is 0 Å². The number of hydrogen-bond acceptors (Lipinski definition) is 2. The van der Waals surface area contributed by atoms with Crippen LogP contribution in [0.1, 0.15) is 36.5 Å². The van der Waals surface area contributed by atoms with Crippen molar-refractivity contribution in [2.45, 2.75) is 26.7 Å². The van der Waals surface area contributed by atoms with E-state index >= 15 is 0 Å². The Hall–Kier alpha value is -2.36. The van der Waals surface area contributed by atoms with Gasteiger partial charge in [-0.1, -0.05) is 13.8 Å². The van der Waals surface area contributed by atoms with Crippen LogP contribution in [0.4, 0.5) is 5.69 Å². The maximum atomic E-state index is 12.1. The fourth-order valence-corrected chi connectivity index (χ4v) is 2.49. The van der Waals surface area contributed by atoms with Gasteiger partial charge in [0.15, 0.2) is 0 Å². The quantitative estimate of drug-likeness (QED) is 0.840. The Bertz CT molecular complexity index is 697. The third-order valence-corrected chi connectivity index (χ3v) is 3.60. The molecule has 0 unspecified atom stereocenters. The minimum absolute atomic E-state index is 0.0894. The fraction of sp³-hybridized carbons (Fsp3) is 0.250. The monoisotopic (exact) mass is 267 g/mol. The molecule has 3 rings (SSSR count). The molecule has 3 heterocycles. The summed E-state index contributed by atoms with van der Waals surface area (Å²) in [5.41, 5.74) is 5.56. The summed E-state index contributed by atoms with van der Waals surface area (Å²) in [6, 6.07) is 5.86. The number of carbonyl (C=O) groups excluding carboxylic acids is 1. The first-order valence-corrected chi connectivity index (χ1v) is 6.92. The van der Waals surface area contributed by atoms with E-state index in [1.54, 1.807) is 6.20 Å². The molecule has 0 saturated carbocycles. The van der Waals surface area contributed by atoms with Crippen LogP contribution in [-0.4, -0.2) is 15.9 Å². The van der Waals surface area contributed by atoms with Gasteiger partial charge in [-0.25, -0.2) is 0 Å². The third-order valence-electron chi connectivity index (χ3n) is 3.60. The van der Waals surface area contributed by atoms with Gasteiger partial charge in [-0.2, -0.15) is 0 Å². The molecule has 2 aromatic heterocycles. The van der Waals surface area contributed by atoms with Crippen LogP contribution in [-0.2, 0) is 17.6 Å². The first-order chi connectivity index (χ1) is 9.72. The van der Waals surface area contributed by atoms with Crippen LogP contribution in [0.15, 0.2) is 24.4 Å². The molecule has 102 valence electrons. The van der Waals surface area contributed by atoms with Gasteiger partial charge in [-0.05, 0) is 42.7 Å². The van der Waals surface area contributed by atoms with Gasteiger partial charge in [0.25, 0.3) is 5.91 Å². The third kappa shape index (κ3) is 2.03. The zero-order chi connectivity index (χ0) is 14.1. The topological polar surface area (TPSA) is 57.8 Å². The zero-order valence-electron chi connectivity index (χ0n) is 11.7. The highest BCUT2D eigenvalue weighted by Gasteiger charge is 2.25.